The number of benzene rings is 1. The fourth-order valence-electron chi connectivity index (χ4n) is 3.47. The molecular weight excluding hydrogens is 304 g/mol. The van der Waals surface area contributed by atoms with Crippen molar-refractivity contribution in [2.45, 2.75) is 25.7 Å². The second-order valence-corrected chi connectivity index (χ2v) is 6.33. The number of carbonyl (C=O) groups is 2. The minimum Gasteiger partial charge on any atom is -0.323 e. The molecule has 1 N–H and O–H groups in total. The molecule has 1 aromatic carbocycles. The van der Waals surface area contributed by atoms with E-state index in [2.05, 4.69) is 27.4 Å². The van der Waals surface area contributed by atoms with Gasteiger partial charge in [0.1, 0.15) is 6.33 Å². The Morgan fingerprint density at radius 2 is 1.96 bits per heavy atom. The molecule has 1 atom stereocenters. The molecule has 1 unspecified atom stereocenters. The van der Waals surface area contributed by atoms with Crippen LogP contribution in [0.2, 0.25) is 0 Å². The van der Waals surface area contributed by atoms with Gasteiger partial charge in [-0.2, -0.15) is 0 Å². The number of anilines is 2. The second-order valence-electron chi connectivity index (χ2n) is 6.33. The van der Waals surface area contributed by atoms with E-state index < -0.39 is 0 Å². The van der Waals surface area contributed by atoms with Gasteiger partial charge in [-0.3, -0.25) is 9.59 Å². The molecule has 0 radical (unpaired) electrons. The van der Waals surface area contributed by atoms with Crippen molar-refractivity contribution in [1.29, 1.82) is 0 Å². The van der Waals surface area contributed by atoms with Crippen LogP contribution in [0.25, 0.3) is 0 Å². The van der Waals surface area contributed by atoms with E-state index in [0.717, 1.165) is 18.5 Å². The number of carbonyl (C=O) groups excluding carboxylic acids is 2. The van der Waals surface area contributed by atoms with E-state index >= 15 is 0 Å². The lowest BCUT2D eigenvalue weighted by atomic mass is 10.1. The molecule has 2 amide bonds. The standard InChI is InChI=1S/C18H18N4O2/c23-17-7-14(18(24)21-15-8-19-11-20-9-15)10-22(17)16-5-4-12-2-1-3-13(12)6-16/h4-6,8-9,11,14H,1-3,7,10H2,(H,21,24). The molecule has 1 aromatic heterocycles. The van der Waals surface area contributed by atoms with Crippen LogP contribution in [0, 0.1) is 5.92 Å². The fraction of sp³-hybridized carbons (Fsp3) is 0.333. The van der Waals surface area contributed by atoms with Gasteiger partial charge in [0.05, 0.1) is 24.0 Å². The maximum atomic E-state index is 12.4. The van der Waals surface area contributed by atoms with Crippen LogP contribution in [0.4, 0.5) is 11.4 Å². The van der Waals surface area contributed by atoms with Gasteiger partial charge in [-0.25, -0.2) is 9.97 Å². The van der Waals surface area contributed by atoms with Crippen LogP contribution in [0.1, 0.15) is 24.0 Å². The van der Waals surface area contributed by atoms with Gasteiger partial charge in [0.25, 0.3) is 0 Å². The summed E-state index contributed by atoms with van der Waals surface area (Å²) in [7, 11) is 0. The van der Waals surface area contributed by atoms with E-state index in [1.165, 1.54) is 23.9 Å². The Balaban J connectivity index is 1.48. The van der Waals surface area contributed by atoms with E-state index in [0.29, 0.717) is 12.2 Å². The lowest BCUT2D eigenvalue weighted by molar-refractivity contribution is -0.122. The van der Waals surface area contributed by atoms with Crippen molar-refractivity contribution in [2.24, 2.45) is 5.92 Å². The summed E-state index contributed by atoms with van der Waals surface area (Å²) in [5.41, 5.74) is 4.16. The molecule has 2 aromatic rings. The van der Waals surface area contributed by atoms with E-state index in [1.807, 2.05) is 6.07 Å². The quantitative estimate of drug-likeness (QED) is 0.937. The van der Waals surface area contributed by atoms with Gasteiger partial charge in [-0.15, -0.1) is 0 Å². The Hall–Kier alpha value is -2.76. The first-order chi connectivity index (χ1) is 11.7. The molecule has 122 valence electrons. The highest BCUT2D eigenvalue weighted by atomic mass is 16.2. The monoisotopic (exact) mass is 322 g/mol. The number of aryl methyl sites for hydroxylation is 2. The smallest absolute Gasteiger partial charge is 0.229 e. The SMILES string of the molecule is O=C(Nc1cncnc1)C1CC(=O)N(c2ccc3c(c2)CCC3)C1. The topological polar surface area (TPSA) is 75.2 Å². The van der Waals surface area contributed by atoms with Crippen LogP contribution in [0.5, 0.6) is 0 Å². The summed E-state index contributed by atoms with van der Waals surface area (Å²) in [5.74, 6) is -0.523. The zero-order valence-corrected chi connectivity index (χ0v) is 13.2. The number of nitrogens with one attached hydrogen (secondary N) is 1. The Labute approximate surface area is 139 Å². The summed E-state index contributed by atoms with van der Waals surface area (Å²) in [6.07, 6.45) is 8.09. The molecule has 0 spiro atoms. The summed E-state index contributed by atoms with van der Waals surface area (Å²) < 4.78 is 0. The lowest BCUT2D eigenvalue weighted by Gasteiger charge is -2.18. The third kappa shape index (κ3) is 2.75. The largest absolute Gasteiger partial charge is 0.323 e. The van der Waals surface area contributed by atoms with Gasteiger partial charge in [-0.05, 0) is 42.5 Å². The average Bonchev–Trinajstić information content (AvgIpc) is 3.21. The summed E-state index contributed by atoms with van der Waals surface area (Å²) in [5, 5.41) is 2.78. The van der Waals surface area contributed by atoms with Crippen LogP contribution in [-0.2, 0) is 22.4 Å². The van der Waals surface area contributed by atoms with E-state index in [4.69, 9.17) is 0 Å². The lowest BCUT2D eigenvalue weighted by Crippen LogP contribution is -2.28. The zero-order chi connectivity index (χ0) is 16.5. The molecule has 0 bridgehead atoms. The number of rotatable bonds is 3. The Morgan fingerprint density at radius 1 is 1.17 bits per heavy atom. The highest BCUT2D eigenvalue weighted by molar-refractivity contribution is 6.03. The summed E-state index contributed by atoms with van der Waals surface area (Å²) in [6.45, 7) is 0.414. The molecule has 1 aliphatic carbocycles. The van der Waals surface area contributed by atoms with Crippen molar-refractivity contribution in [3.05, 3.63) is 48.0 Å². The third-order valence-corrected chi connectivity index (χ3v) is 4.72. The Bertz CT molecular complexity index is 791. The molecule has 4 rings (SSSR count). The zero-order valence-electron chi connectivity index (χ0n) is 13.2. The second kappa shape index (κ2) is 6.03. The molecular formula is C18H18N4O2. The van der Waals surface area contributed by atoms with Crippen molar-refractivity contribution >= 4 is 23.2 Å². The van der Waals surface area contributed by atoms with Crippen LogP contribution < -0.4 is 10.2 Å². The van der Waals surface area contributed by atoms with Crippen molar-refractivity contribution in [3.63, 3.8) is 0 Å². The highest BCUT2D eigenvalue weighted by Crippen LogP contribution is 2.30. The molecule has 1 fully saturated rings. The molecule has 2 heterocycles. The van der Waals surface area contributed by atoms with E-state index in [-0.39, 0.29) is 24.2 Å². The van der Waals surface area contributed by atoms with Crippen molar-refractivity contribution in [2.75, 3.05) is 16.8 Å². The number of amides is 2. The Kier molecular flexibility index (Phi) is 3.72. The van der Waals surface area contributed by atoms with Gasteiger partial charge >= 0.3 is 0 Å². The number of hydrogen-bond donors (Lipinski definition) is 1. The number of fused-ring (bicyclic) bond motifs is 1. The first-order valence-electron chi connectivity index (χ1n) is 8.19. The van der Waals surface area contributed by atoms with Gasteiger partial charge in [0.2, 0.25) is 11.8 Å². The number of aromatic nitrogens is 2. The third-order valence-electron chi connectivity index (χ3n) is 4.72. The molecule has 1 aliphatic heterocycles. The van der Waals surface area contributed by atoms with E-state index in [1.54, 1.807) is 17.3 Å². The number of hydrogen-bond acceptors (Lipinski definition) is 4. The minimum absolute atomic E-state index is 0.00240. The van der Waals surface area contributed by atoms with E-state index in [9.17, 15) is 9.59 Å². The highest BCUT2D eigenvalue weighted by Gasteiger charge is 2.35. The summed E-state index contributed by atoms with van der Waals surface area (Å²) >= 11 is 0. The fourth-order valence-corrected chi connectivity index (χ4v) is 3.47. The van der Waals surface area contributed by atoms with Crippen LogP contribution in [0.3, 0.4) is 0 Å². The van der Waals surface area contributed by atoms with Crippen LogP contribution in [-0.4, -0.2) is 28.3 Å². The average molecular weight is 322 g/mol. The number of nitrogens with zero attached hydrogens (tertiary/aromatic N) is 3. The molecule has 1 saturated heterocycles. The maximum absolute atomic E-state index is 12.4. The maximum Gasteiger partial charge on any atom is 0.229 e. The minimum atomic E-state index is -0.356. The first-order valence-corrected chi connectivity index (χ1v) is 8.19. The van der Waals surface area contributed by atoms with Gasteiger partial charge in [0.15, 0.2) is 0 Å². The van der Waals surface area contributed by atoms with Crippen molar-refractivity contribution in [1.82, 2.24) is 9.97 Å². The normalized spacial score (nSPS) is 19.4. The molecule has 6 heteroatoms. The predicted molar refractivity (Wildman–Crippen MR) is 89.6 cm³/mol. The molecule has 24 heavy (non-hydrogen) atoms. The van der Waals surface area contributed by atoms with Gasteiger partial charge < -0.3 is 10.2 Å². The van der Waals surface area contributed by atoms with Crippen LogP contribution in [0.15, 0.2) is 36.9 Å². The predicted octanol–water partition coefficient (Wildman–Crippen LogP) is 1.96. The van der Waals surface area contributed by atoms with Crippen LogP contribution >= 0.6 is 0 Å². The summed E-state index contributed by atoms with van der Waals surface area (Å²) in [4.78, 5) is 34.2. The van der Waals surface area contributed by atoms with Crippen molar-refractivity contribution < 1.29 is 9.59 Å². The molecule has 0 saturated carbocycles. The Morgan fingerprint density at radius 3 is 2.79 bits per heavy atom. The van der Waals surface area contributed by atoms with Crippen molar-refractivity contribution in [3.8, 4) is 0 Å². The molecule has 2 aliphatic rings. The van der Waals surface area contributed by atoms with Gasteiger partial charge in [0, 0.05) is 18.7 Å². The van der Waals surface area contributed by atoms with Gasteiger partial charge in [-0.1, -0.05) is 6.07 Å². The molecule has 6 nitrogen and oxygen atoms in total. The first kappa shape index (κ1) is 14.8. The summed E-state index contributed by atoms with van der Waals surface area (Å²) in [6, 6.07) is 6.21.